The van der Waals surface area contributed by atoms with Gasteiger partial charge in [-0.15, -0.1) is 12.4 Å². The van der Waals surface area contributed by atoms with Crippen LogP contribution in [0.25, 0.3) is 0 Å². The SMILES string of the molecule is Cc1cc(C)nc(S(=O)[C@@H]2CCNC2)n1.Cl. The van der Waals surface area contributed by atoms with Crippen LogP contribution < -0.4 is 5.32 Å². The molecule has 0 saturated carbocycles. The molecule has 0 radical (unpaired) electrons. The van der Waals surface area contributed by atoms with Gasteiger partial charge in [0.05, 0.1) is 16.0 Å². The van der Waals surface area contributed by atoms with E-state index in [-0.39, 0.29) is 17.7 Å². The van der Waals surface area contributed by atoms with E-state index in [0.717, 1.165) is 30.9 Å². The second-order valence-corrected chi connectivity index (χ2v) is 5.47. The summed E-state index contributed by atoms with van der Waals surface area (Å²) in [7, 11) is -1.06. The lowest BCUT2D eigenvalue weighted by Gasteiger charge is -2.07. The second kappa shape index (κ2) is 5.70. The zero-order valence-corrected chi connectivity index (χ0v) is 11.0. The molecule has 2 heterocycles. The first kappa shape index (κ1) is 13.5. The molecule has 1 unspecified atom stereocenters. The van der Waals surface area contributed by atoms with Gasteiger partial charge in [-0.3, -0.25) is 4.21 Å². The molecule has 0 aromatic carbocycles. The van der Waals surface area contributed by atoms with Crippen LogP contribution in [-0.4, -0.2) is 32.5 Å². The Labute approximate surface area is 104 Å². The lowest BCUT2D eigenvalue weighted by Crippen LogP contribution is -2.20. The summed E-state index contributed by atoms with van der Waals surface area (Å²) in [6.45, 7) is 5.56. The van der Waals surface area contributed by atoms with Crippen molar-refractivity contribution in [2.75, 3.05) is 13.1 Å². The van der Waals surface area contributed by atoms with E-state index in [0.29, 0.717) is 5.16 Å². The summed E-state index contributed by atoms with van der Waals surface area (Å²) in [5.74, 6) is 0. The number of nitrogens with zero attached hydrogens (tertiary/aromatic N) is 2. The maximum Gasteiger partial charge on any atom is 0.219 e. The number of hydrogen-bond acceptors (Lipinski definition) is 4. The Morgan fingerprint density at radius 1 is 1.38 bits per heavy atom. The first-order chi connectivity index (χ1) is 7.16. The summed E-state index contributed by atoms with van der Waals surface area (Å²) in [5, 5.41) is 3.86. The molecular formula is C10H16ClN3OS. The first-order valence-electron chi connectivity index (χ1n) is 5.10. The molecule has 0 bridgehead atoms. The zero-order valence-electron chi connectivity index (χ0n) is 9.40. The van der Waals surface area contributed by atoms with Crippen molar-refractivity contribution in [2.24, 2.45) is 0 Å². The van der Waals surface area contributed by atoms with Gasteiger partial charge in [0, 0.05) is 17.9 Å². The number of halogens is 1. The summed E-state index contributed by atoms with van der Waals surface area (Å²) in [5.41, 5.74) is 1.77. The van der Waals surface area contributed by atoms with Gasteiger partial charge in [0.15, 0.2) is 0 Å². The Morgan fingerprint density at radius 2 is 2.00 bits per heavy atom. The number of aryl methyl sites for hydroxylation is 2. The Hall–Kier alpha value is -0.520. The van der Waals surface area contributed by atoms with E-state index in [2.05, 4.69) is 15.3 Å². The molecule has 90 valence electrons. The minimum absolute atomic E-state index is 0. The quantitative estimate of drug-likeness (QED) is 0.807. The second-order valence-electron chi connectivity index (χ2n) is 3.85. The fraction of sp³-hybridized carbons (Fsp3) is 0.600. The molecule has 1 fully saturated rings. The average molecular weight is 262 g/mol. The monoisotopic (exact) mass is 261 g/mol. The van der Waals surface area contributed by atoms with Crippen molar-refractivity contribution < 1.29 is 4.21 Å². The van der Waals surface area contributed by atoms with Crippen LogP contribution >= 0.6 is 12.4 Å². The largest absolute Gasteiger partial charge is 0.315 e. The van der Waals surface area contributed by atoms with Crippen LogP contribution in [-0.2, 0) is 10.8 Å². The van der Waals surface area contributed by atoms with Gasteiger partial charge < -0.3 is 5.32 Å². The Kier molecular flexibility index (Phi) is 4.83. The Balaban J connectivity index is 0.00000128. The normalized spacial score (nSPS) is 21.5. The van der Waals surface area contributed by atoms with Crippen molar-refractivity contribution in [1.29, 1.82) is 0 Å². The first-order valence-corrected chi connectivity index (χ1v) is 6.31. The minimum atomic E-state index is -1.06. The summed E-state index contributed by atoms with van der Waals surface area (Å²) < 4.78 is 12.1. The molecule has 0 aliphatic carbocycles. The van der Waals surface area contributed by atoms with Crippen LogP contribution in [0.15, 0.2) is 11.2 Å². The molecule has 1 aliphatic rings. The fourth-order valence-electron chi connectivity index (χ4n) is 1.74. The lowest BCUT2D eigenvalue weighted by atomic mass is 10.4. The van der Waals surface area contributed by atoms with E-state index < -0.39 is 10.8 Å². The lowest BCUT2D eigenvalue weighted by molar-refractivity contribution is 0.662. The summed E-state index contributed by atoms with van der Waals surface area (Å²) >= 11 is 0. The molecule has 2 atom stereocenters. The summed E-state index contributed by atoms with van der Waals surface area (Å²) in [4.78, 5) is 8.48. The molecular weight excluding hydrogens is 246 g/mol. The summed E-state index contributed by atoms with van der Waals surface area (Å²) in [6, 6.07) is 1.90. The molecule has 1 N–H and O–H groups in total. The van der Waals surface area contributed by atoms with Crippen molar-refractivity contribution in [3.63, 3.8) is 0 Å². The van der Waals surface area contributed by atoms with E-state index in [1.165, 1.54) is 0 Å². The highest BCUT2D eigenvalue weighted by Gasteiger charge is 2.24. The topological polar surface area (TPSA) is 54.9 Å². The van der Waals surface area contributed by atoms with Gasteiger partial charge in [-0.1, -0.05) is 0 Å². The van der Waals surface area contributed by atoms with Gasteiger partial charge in [-0.2, -0.15) is 0 Å². The van der Waals surface area contributed by atoms with Crippen molar-refractivity contribution in [1.82, 2.24) is 15.3 Å². The average Bonchev–Trinajstić information content (AvgIpc) is 2.67. The molecule has 1 saturated heterocycles. The maximum absolute atomic E-state index is 12.1. The highest BCUT2D eigenvalue weighted by atomic mass is 35.5. The standard InChI is InChI=1S/C10H15N3OS.ClH/c1-7-5-8(2)13-10(12-7)15(14)9-3-4-11-6-9;/h5,9,11H,3-4,6H2,1-2H3;1H/t9-,15?;/m1./s1. The fourth-order valence-corrected chi connectivity index (χ4v) is 3.11. The summed E-state index contributed by atoms with van der Waals surface area (Å²) in [6.07, 6.45) is 0.947. The third-order valence-corrected chi connectivity index (χ3v) is 4.01. The number of hydrogen-bond donors (Lipinski definition) is 1. The third-order valence-electron chi connectivity index (χ3n) is 2.46. The van der Waals surface area contributed by atoms with Crippen molar-refractivity contribution in [2.45, 2.75) is 30.7 Å². The molecule has 6 heteroatoms. The smallest absolute Gasteiger partial charge is 0.219 e. The van der Waals surface area contributed by atoms with Crippen LogP contribution in [0.1, 0.15) is 17.8 Å². The third kappa shape index (κ3) is 2.99. The molecule has 1 aromatic heterocycles. The van der Waals surface area contributed by atoms with E-state index >= 15 is 0 Å². The van der Waals surface area contributed by atoms with Crippen LogP contribution in [0, 0.1) is 13.8 Å². The van der Waals surface area contributed by atoms with E-state index in [1.807, 2.05) is 19.9 Å². The Bertz CT molecular complexity index is 373. The predicted molar refractivity (Wildman–Crippen MR) is 66.4 cm³/mol. The van der Waals surface area contributed by atoms with Gasteiger partial charge in [0.2, 0.25) is 5.16 Å². The van der Waals surface area contributed by atoms with Gasteiger partial charge in [0.25, 0.3) is 0 Å². The maximum atomic E-state index is 12.1. The molecule has 0 spiro atoms. The molecule has 1 aliphatic heterocycles. The van der Waals surface area contributed by atoms with Gasteiger partial charge in [0.1, 0.15) is 0 Å². The molecule has 2 rings (SSSR count). The van der Waals surface area contributed by atoms with E-state index in [1.54, 1.807) is 0 Å². The van der Waals surface area contributed by atoms with Gasteiger partial charge in [-0.05, 0) is 32.9 Å². The Morgan fingerprint density at radius 3 is 2.50 bits per heavy atom. The highest BCUT2D eigenvalue weighted by Crippen LogP contribution is 2.13. The molecule has 16 heavy (non-hydrogen) atoms. The number of aromatic nitrogens is 2. The predicted octanol–water partition coefficient (Wildman–Crippen LogP) is 0.985. The van der Waals surface area contributed by atoms with Gasteiger partial charge in [-0.25, -0.2) is 9.97 Å². The van der Waals surface area contributed by atoms with Crippen molar-refractivity contribution >= 4 is 23.2 Å². The van der Waals surface area contributed by atoms with Crippen LogP contribution in [0.3, 0.4) is 0 Å². The number of nitrogens with one attached hydrogen (secondary N) is 1. The van der Waals surface area contributed by atoms with Crippen molar-refractivity contribution in [3.05, 3.63) is 17.5 Å². The van der Waals surface area contributed by atoms with E-state index in [4.69, 9.17) is 0 Å². The van der Waals surface area contributed by atoms with Gasteiger partial charge >= 0.3 is 0 Å². The number of rotatable bonds is 2. The molecule has 4 nitrogen and oxygen atoms in total. The van der Waals surface area contributed by atoms with Crippen molar-refractivity contribution in [3.8, 4) is 0 Å². The van der Waals surface area contributed by atoms with Crippen LogP contribution in [0.2, 0.25) is 0 Å². The highest BCUT2D eigenvalue weighted by molar-refractivity contribution is 7.85. The minimum Gasteiger partial charge on any atom is -0.315 e. The van der Waals surface area contributed by atoms with E-state index in [9.17, 15) is 4.21 Å². The van der Waals surface area contributed by atoms with Crippen LogP contribution in [0.5, 0.6) is 0 Å². The molecule has 0 amide bonds. The van der Waals surface area contributed by atoms with Crippen LogP contribution in [0.4, 0.5) is 0 Å². The molecule has 1 aromatic rings. The zero-order chi connectivity index (χ0) is 10.8.